The molecule has 0 spiro atoms. The number of aliphatic hydroxyl groups excluding tert-OH is 1. The summed E-state index contributed by atoms with van der Waals surface area (Å²) in [7, 11) is -23.7. The van der Waals surface area contributed by atoms with E-state index in [0.717, 1.165) is 4.57 Å². The number of rotatable bonds is 24. The maximum Gasteiger partial charge on any atom is 0.490 e. The summed E-state index contributed by atoms with van der Waals surface area (Å²) in [6, 6.07) is 13.8. The van der Waals surface area contributed by atoms with E-state index in [9.17, 15) is 73.7 Å². The zero-order valence-corrected chi connectivity index (χ0v) is 56.0. The van der Waals surface area contributed by atoms with Crippen LogP contribution in [-0.4, -0.2) is 175 Å². The highest BCUT2D eigenvalue weighted by Gasteiger charge is 2.52. The third-order valence-electron chi connectivity index (χ3n) is 15.8. The fourth-order valence-corrected chi connectivity index (χ4v) is 16.5. The number of ether oxygens (including phenoxy) is 3. The number of phosphoric acid groups is 3. The second-order valence-electron chi connectivity index (χ2n) is 23.5. The van der Waals surface area contributed by atoms with Gasteiger partial charge in [0.15, 0.2) is 24.1 Å². The third kappa shape index (κ3) is 15.7. The van der Waals surface area contributed by atoms with Gasteiger partial charge in [-0.15, -0.1) is 0 Å². The average Bonchev–Trinajstić information content (AvgIpc) is 0.924. The first-order valence-corrected chi connectivity index (χ1v) is 36.6. The molecule has 6 heterocycles. The Labute approximate surface area is 536 Å². The van der Waals surface area contributed by atoms with Gasteiger partial charge in [-0.25, -0.2) is 27.6 Å². The fourth-order valence-electron chi connectivity index (χ4n) is 12.2. The van der Waals surface area contributed by atoms with E-state index in [1.54, 1.807) is 60.7 Å². The fraction of sp³-hybridized carbons (Fsp3) is 0.436. The SMILES string of the molecule is CCN1c2cc3c(cc2C(CS(=O)(=O)O)=CC1(C)C)C(c1ccccc1C(=O)N(C)CCCC(=O)NCCNC(=O)O[C@H]1[C@@H](O)[C@H]([n+]2cn(C)c4c(=O)[nH]c(N)nc42)O[C@@H]1COP(=O)(O)OP(=O)(O)OP(=O)(O)O)=c1cc2c(cc1O3)=[N+](CC)C(C)(C)C=C2CS(=O)(=O)O. The summed E-state index contributed by atoms with van der Waals surface area (Å²) >= 11 is 0. The Bertz CT molecular complexity index is 4590. The molecule has 5 aromatic rings. The number of anilines is 2. The summed E-state index contributed by atoms with van der Waals surface area (Å²) in [6.45, 7) is 10.8. The monoisotopic (exact) mass is 1410 g/mol. The number of benzene rings is 3. The van der Waals surface area contributed by atoms with E-state index in [1.165, 1.54) is 29.9 Å². The lowest BCUT2D eigenvalue weighted by Gasteiger charge is -2.43. The first kappa shape index (κ1) is 71.2. The van der Waals surface area contributed by atoms with Crippen LogP contribution in [0, 0.1) is 0 Å². The number of hydrogen-bond donors (Lipinski definition) is 11. The maximum absolute atomic E-state index is 14.9. The van der Waals surface area contributed by atoms with Crippen molar-refractivity contribution in [2.75, 3.05) is 68.5 Å². The Morgan fingerprint density at radius 2 is 1.53 bits per heavy atom. The average molecular weight is 1410 g/mol. The Morgan fingerprint density at radius 1 is 0.872 bits per heavy atom. The molecule has 1 saturated heterocycles. The van der Waals surface area contributed by atoms with Crippen molar-refractivity contribution in [1.29, 1.82) is 0 Å². The van der Waals surface area contributed by atoms with Crippen LogP contribution in [0.5, 0.6) is 11.5 Å². The number of imidazole rings is 1. The van der Waals surface area contributed by atoms with Crippen LogP contribution in [0.2, 0.25) is 0 Å². The molecule has 0 aliphatic carbocycles. The van der Waals surface area contributed by atoms with E-state index >= 15 is 0 Å². The number of alkyl carbamates (subject to hydrolysis) is 1. The number of amides is 3. The van der Waals surface area contributed by atoms with Gasteiger partial charge in [0.2, 0.25) is 23.0 Å². The smallest absolute Gasteiger partial charge is 0.456 e. The van der Waals surface area contributed by atoms with Gasteiger partial charge in [0.1, 0.15) is 35.7 Å². The molecule has 0 radical (unpaired) electrons. The minimum Gasteiger partial charge on any atom is -0.456 e. The van der Waals surface area contributed by atoms with Crippen molar-refractivity contribution in [2.45, 2.75) is 90.0 Å². The molecule has 2 unspecified atom stereocenters. The van der Waals surface area contributed by atoms with Gasteiger partial charge >= 0.3 is 35.2 Å². The number of aromatic amines is 1. The lowest BCUT2D eigenvalue weighted by molar-refractivity contribution is -0.745. The van der Waals surface area contributed by atoms with Crippen molar-refractivity contribution in [3.05, 3.63) is 116 Å². The van der Waals surface area contributed by atoms with Crippen LogP contribution in [0.25, 0.3) is 27.9 Å². The quantitative estimate of drug-likeness (QED) is 0.0176. The summed E-state index contributed by atoms with van der Waals surface area (Å²) in [5.74, 6) is -2.12. The van der Waals surface area contributed by atoms with E-state index in [0.29, 0.717) is 79.8 Å². The molecule has 94 heavy (non-hydrogen) atoms. The molecule has 4 aliphatic heterocycles. The van der Waals surface area contributed by atoms with Gasteiger partial charge in [-0.2, -0.15) is 25.5 Å². The van der Waals surface area contributed by atoms with Crippen molar-refractivity contribution in [3.63, 3.8) is 0 Å². The van der Waals surface area contributed by atoms with E-state index in [4.69, 9.17) is 34.3 Å². The van der Waals surface area contributed by atoms with Crippen molar-refractivity contribution in [1.82, 2.24) is 34.6 Å². The zero-order chi connectivity index (χ0) is 69.2. The molecule has 3 amide bonds. The number of carbonyl (C=O) groups is 3. The van der Waals surface area contributed by atoms with E-state index < -0.39 is 121 Å². The molecular weight excluding hydrogens is 1340 g/mol. The van der Waals surface area contributed by atoms with Crippen molar-refractivity contribution < 1.29 is 111 Å². The third-order valence-corrected chi connectivity index (χ3v) is 21.0. The number of nitrogens with two attached hydrogens (primary N) is 1. The number of phosphoric ester groups is 1. The highest BCUT2D eigenvalue weighted by atomic mass is 32.2. The molecule has 3 aromatic carbocycles. The van der Waals surface area contributed by atoms with Gasteiger partial charge in [0.25, 0.3) is 37.7 Å². The molecule has 34 nitrogen and oxygen atoms in total. The van der Waals surface area contributed by atoms with Gasteiger partial charge in [-0.1, -0.05) is 29.3 Å². The lowest BCUT2D eigenvalue weighted by Crippen LogP contribution is -2.50. The van der Waals surface area contributed by atoms with Crippen LogP contribution in [0.1, 0.15) is 93.2 Å². The summed E-state index contributed by atoms with van der Waals surface area (Å²) in [6.07, 6.45) is -3.62. The van der Waals surface area contributed by atoms with Crippen LogP contribution >= 0.6 is 23.5 Å². The summed E-state index contributed by atoms with van der Waals surface area (Å²) in [5, 5.41) is 17.5. The number of hydrogen-bond acceptors (Lipinski definition) is 21. The van der Waals surface area contributed by atoms with Gasteiger partial charge in [0.05, 0.1) is 30.8 Å². The number of likely N-dealkylation sites (N-methyl/N-ethyl adjacent to an activating group) is 2. The van der Waals surface area contributed by atoms with E-state index in [2.05, 4.69) is 38.7 Å². The van der Waals surface area contributed by atoms with Crippen LogP contribution < -0.4 is 51.3 Å². The number of aryl methyl sites for hydroxylation is 1. The number of aliphatic hydroxyl groups is 1. The first-order chi connectivity index (χ1) is 43.6. The number of fused-ring (bicyclic) bond motifs is 5. The number of H-pyrrole nitrogens is 1. The molecule has 39 heteroatoms. The van der Waals surface area contributed by atoms with Gasteiger partial charge in [-0.05, 0) is 75.1 Å². The summed E-state index contributed by atoms with van der Waals surface area (Å²) in [4.78, 5) is 102. The Balaban J connectivity index is 0.919. The molecule has 4 aliphatic rings. The molecule has 9 rings (SSSR count). The second kappa shape index (κ2) is 26.5. The van der Waals surface area contributed by atoms with Crippen LogP contribution in [0.4, 0.5) is 16.4 Å². The predicted molar refractivity (Wildman–Crippen MR) is 335 cm³/mol. The summed E-state index contributed by atoms with van der Waals surface area (Å²) in [5.41, 5.74) is 6.96. The molecular formula is C55H71N10O24P3S2+2. The number of aromatic nitrogens is 4. The largest absolute Gasteiger partial charge is 0.490 e. The normalized spacial score (nSPS) is 20.3. The van der Waals surface area contributed by atoms with E-state index in [1.807, 2.05) is 41.5 Å². The molecule has 0 bridgehead atoms. The van der Waals surface area contributed by atoms with Crippen molar-refractivity contribution in [3.8, 4) is 11.5 Å². The second-order valence-corrected chi connectivity index (χ2v) is 30.8. The first-order valence-electron chi connectivity index (χ1n) is 28.9. The maximum atomic E-state index is 14.9. The Hall–Kier alpha value is -7.08. The molecule has 6 atom stereocenters. The Kier molecular flexibility index (Phi) is 20.1. The van der Waals surface area contributed by atoms with Crippen molar-refractivity contribution in [2.24, 2.45) is 7.05 Å². The molecule has 2 aromatic heterocycles. The van der Waals surface area contributed by atoms with E-state index in [-0.39, 0.29) is 55.2 Å². The molecule has 12 N–H and O–H groups in total. The highest BCUT2D eigenvalue weighted by molar-refractivity contribution is 7.86. The highest BCUT2D eigenvalue weighted by Crippen LogP contribution is 2.66. The van der Waals surface area contributed by atoms with Crippen LogP contribution in [0.15, 0.2) is 71.8 Å². The predicted octanol–water partition coefficient (Wildman–Crippen LogP) is 1.31. The van der Waals surface area contributed by atoms with Gasteiger partial charge < -0.3 is 65.1 Å². The topological polar surface area (TPSA) is 482 Å². The lowest BCUT2D eigenvalue weighted by atomic mass is 9.83. The Morgan fingerprint density at radius 3 is 2.18 bits per heavy atom. The van der Waals surface area contributed by atoms with Crippen LogP contribution in [0.3, 0.4) is 0 Å². The van der Waals surface area contributed by atoms with Crippen LogP contribution in [-0.2, 0) is 68.4 Å². The molecule has 1 fully saturated rings. The van der Waals surface area contributed by atoms with Gasteiger partial charge in [-0.3, -0.25) is 37.6 Å². The number of nitrogens with one attached hydrogen (secondary N) is 3. The summed E-state index contributed by atoms with van der Waals surface area (Å²) < 4.78 is 142. The standard InChI is InChI=1S/C55H69N10O24P3S2/c1-9-64-38-22-40-36(20-34(38)30(24-54(64,3)4)27-93(78,79)80)44(37-21-35-31(28-94(81,82)83)25-55(5,6)65(10-2)39(35)23-41(37)85-40)32-14-11-12-15-33(32)50(69)61(7)19-13-16-43(66)57-17-18-58-53(70)87-47-42(26-84-91(74,75)89-92(76,77)88-90(71,72)73)86-51(46(47)67)63-29-62(8)45-48(63)59-52(56)60-49(45)68/h11-12,14-15,20-25,29,42,46-47,51,67H,9-10,13,16-19,26-28H2,1-8H3,(H9-2,56,57,58,59,60,66,68,70,71,72,73,74,75,76,77,78,79,80,81,82,83)/p+2/t42-,46-,47-,51-/m1/s1. The number of nitrogens with zero attached hydrogens (tertiary/aromatic N) is 6. The molecule has 0 saturated carbocycles. The number of nitrogen functional groups attached to an aromatic ring is 1. The number of carbonyl (C=O) groups excluding carboxylic acids is 3. The zero-order valence-electron chi connectivity index (χ0n) is 51.7. The minimum atomic E-state index is -5.97. The van der Waals surface area contributed by atoms with Crippen molar-refractivity contribution >= 4 is 101 Å². The van der Waals surface area contributed by atoms with Gasteiger partial charge in [0, 0.05) is 92.7 Å². The molecule has 510 valence electrons. The minimum absolute atomic E-state index is 0.0314.